The van der Waals surface area contributed by atoms with Crippen molar-refractivity contribution in [1.29, 1.82) is 0 Å². The minimum absolute atomic E-state index is 0.695. The summed E-state index contributed by atoms with van der Waals surface area (Å²) in [5.41, 5.74) is 3.08. The molecule has 0 aliphatic carbocycles. The van der Waals surface area contributed by atoms with Crippen LogP contribution in [0.4, 0.5) is 11.6 Å². The first kappa shape index (κ1) is 17.7. The van der Waals surface area contributed by atoms with E-state index in [2.05, 4.69) is 31.7 Å². The van der Waals surface area contributed by atoms with Crippen LogP contribution in [-0.4, -0.2) is 50.7 Å². The maximum absolute atomic E-state index is 4.74. The fourth-order valence-electron chi connectivity index (χ4n) is 3.51. The van der Waals surface area contributed by atoms with Gasteiger partial charge in [-0.2, -0.15) is 9.61 Å². The Kier molecular flexibility index (Phi) is 5.48. The van der Waals surface area contributed by atoms with Crippen LogP contribution >= 0.6 is 0 Å². The number of nitrogens with one attached hydrogen (secondary N) is 2. The van der Waals surface area contributed by atoms with Crippen molar-refractivity contribution < 1.29 is 0 Å². The van der Waals surface area contributed by atoms with Crippen LogP contribution in [0.2, 0.25) is 0 Å². The molecular formula is C20H27N7. The lowest BCUT2D eigenvalue weighted by Crippen LogP contribution is -2.22. The predicted octanol–water partition coefficient (Wildman–Crippen LogP) is 2.94. The molecule has 4 rings (SSSR count). The number of nitrogens with zero attached hydrogens (tertiary/aromatic N) is 5. The fourth-order valence-corrected chi connectivity index (χ4v) is 3.51. The van der Waals surface area contributed by atoms with Gasteiger partial charge in [-0.05, 0) is 57.5 Å². The standard InChI is InChI=1S/C20H27N7/c1-16-13-24-27-19(23-15-17-6-4-7-21-14-17)12-18(25-20(16)27)22-8-5-11-26-9-2-3-10-26/h4,6-7,12-14,23H,2-3,5,8-11,15H2,1H3,(H,22,25). The number of likely N-dealkylation sites (tertiary alicyclic amines) is 1. The van der Waals surface area contributed by atoms with E-state index in [4.69, 9.17) is 4.98 Å². The van der Waals surface area contributed by atoms with E-state index in [1.54, 1.807) is 6.20 Å². The molecule has 0 amide bonds. The molecule has 2 N–H and O–H groups in total. The van der Waals surface area contributed by atoms with Crippen LogP contribution in [0.15, 0.2) is 36.8 Å². The molecule has 1 aliphatic heterocycles. The van der Waals surface area contributed by atoms with Crippen molar-refractivity contribution in [2.24, 2.45) is 0 Å². The van der Waals surface area contributed by atoms with E-state index in [1.165, 1.54) is 25.9 Å². The third-order valence-corrected chi connectivity index (χ3v) is 5.00. The summed E-state index contributed by atoms with van der Waals surface area (Å²) in [5.74, 6) is 1.82. The van der Waals surface area contributed by atoms with E-state index in [9.17, 15) is 0 Å². The molecule has 7 nitrogen and oxygen atoms in total. The first-order chi connectivity index (χ1) is 13.3. The van der Waals surface area contributed by atoms with Gasteiger partial charge in [0.1, 0.15) is 11.6 Å². The first-order valence-corrected chi connectivity index (χ1v) is 9.74. The van der Waals surface area contributed by atoms with Crippen molar-refractivity contribution in [1.82, 2.24) is 24.5 Å². The third-order valence-electron chi connectivity index (χ3n) is 5.00. The van der Waals surface area contributed by atoms with Crippen LogP contribution in [0.5, 0.6) is 0 Å². The van der Waals surface area contributed by atoms with Gasteiger partial charge < -0.3 is 15.5 Å². The van der Waals surface area contributed by atoms with Gasteiger partial charge in [0.05, 0.1) is 6.20 Å². The van der Waals surface area contributed by atoms with Crippen LogP contribution in [0.25, 0.3) is 5.65 Å². The zero-order valence-electron chi connectivity index (χ0n) is 15.9. The van der Waals surface area contributed by atoms with Crippen LogP contribution in [0.3, 0.4) is 0 Å². The summed E-state index contributed by atoms with van der Waals surface area (Å²) in [5, 5.41) is 11.4. The molecule has 1 aliphatic rings. The van der Waals surface area contributed by atoms with Crippen molar-refractivity contribution in [3.05, 3.63) is 47.9 Å². The average Bonchev–Trinajstić information content (AvgIpc) is 3.35. The fraction of sp³-hybridized carbons (Fsp3) is 0.450. The minimum atomic E-state index is 0.695. The topological polar surface area (TPSA) is 70.4 Å². The Hall–Kier alpha value is -2.67. The van der Waals surface area contributed by atoms with Crippen LogP contribution in [0, 0.1) is 6.92 Å². The highest BCUT2D eigenvalue weighted by molar-refractivity contribution is 5.59. The highest BCUT2D eigenvalue weighted by Crippen LogP contribution is 2.19. The van der Waals surface area contributed by atoms with E-state index >= 15 is 0 Å². The zero-order valence-corrected chi connectivity index (χ0v) is 15.9. The lowest BCUT2D eigenvalue weighted by Gasteiger charge is -2.15. The maximum Gasteiger partial charge on any atom is 0.162 e. The summed E-state index contributed by atoms with van der Waals surface area (Å²) < 4.78 is 1.86. The Labute approximate surface area is 159 Å². The maximum atomic E-state index is 4.74. The molecule has 3 aromatic heterocycles. The SMILES string of the molecule is Cc1cnn2c(NCc3cccnc3)cc(NCCCN3CCCC3)nc12. The van der Waals surface area contributed by atoms with Crippen molar-refractivity contribution >= 4 is 17.3 Å². The summed E-state index contributed by atoms with van der Waals surface area (Å²) in [6.07, 6.45) is 9.33. The highest BCUT2D eigenvalue weighted by Gasteiger charge is 2.11. The summed E-state index contributed by atoms with van der Waals surface area (Å²) in [6.45, 7) is 7.32. The smallest absolute Gasteiger partial charge is 0.162 e. The number of fused-ring (bicyclic) bond motifs is 1. The molecule has 7 heteroatoms. The Morgan fingerprint density at radius 1 is 1.15 bits per heavy atom. The van der Waals surface area contributed by atoms with E-state index in [0.717, 1.165) is 47.9 Å². The monoisotopic (exact) mass is 365 g/mol. The van der Waals surface area contributed by atoms with E-state index in [-0.39, 0.29) is 0 Å². The summed E-state index contributed by atoms with van der Waals surface area (Å²) in [6, 6.07) is 6.04. The lowest BCUT2D eigenvalue weighted by atomic mass is 10.3. The molecule has 0 aromatic carbocycles. The molecule has 0 bridgehead atoms. The molecule has 0 atom stereocenters. The molecule has 1 fully saturated rings. The van der Waals surface area contributed by atoms with Gasteiger partial charge in [0.2, 0.25) is 0 Å². The summed E-state index contributed by atoms with van der Waals surface area (Å²) >= 11 is 0. The summed E-state index contributed by atoms with van der Waals surface area (Å²) in [7, 11) is 0. The number of aromatic nitrogens is 4. The number of rotatable bonds is 8. The Bertz CT molecular complexity index is 869. The number of hydrogen-bond acceptors (Lipinski definition) is 6. The number of pyridine rings is 1. The molecule has 4 heterocycles. The van der Waals surface area contributed by atoms with Gasteiger partial charge in [-0.3, -0.25) is 4.98 Å². The molecule has 0 radical (unpaired) electrons. The van der Waals surface area contributed by atoms with Gasteiger partial charge in [-0.15, -0.1) is 0 Å². The molecule has 0 spiro atoms. The molecule has 3 aromatic rings. The van der Waals surface area contributed by atoms with Gasteiger partial charge >= 0.3 is 0 Å². The number of hydrogen-bond donors (Lipinski definition) is 2. The van der Waals surface area contributed by atoms with Gasteiger partial charge in [-0.25, -0.2) is 4.98 Å². The van der Waals surface area contributed by atoms with Gasteiger partial charge in [0.15, 0.2) is 5.65 Å². The van der Waals surface area contributed by atoms with Crippen LogP contribution in [-0.2, 0) is 6.54 Å². The van der Waals surface area contributed by atoms with Gasteiger partial charge in [0.25, 0.3) is 0 Å². The van der Waals surface area contributed by atoms with E-state index in [1.807, 2.05) is 36.0 Å². The molecule has 1 saturated heterocycles. The second-order valence-corrected chi connectivity index (χ2v) is 7.13. The zero-order chi connectivity index (χ0) is 18.5. The first-order valence-electron chi connectivity index (χ1n) is 9.74. The molecule has 142 valence electrons. The second kappa shape index (κ2) is 8.35. The summed E-state index contributed by atoms with van der Waals surface area (Å²) in [4.78, 5) is 11.5. The van der Waals surface area contributed by atoms with E-state index in [0.29, 0.717) is 6.54 Å². The molecule has 27 heavy (non-hydrogen) atoms. The molecule has 0 unspecified atom stereocenters. The third kappa shape index (κ3) is 4.36. The van der Waals surface area contributed by atoms with Crippen molar-refractivity contribution in [2.45, 2.75) is 32.7 Å². The van der Waals surface area contributed by atoms with Crippen molar-refractivity contribution in [3.63, 3.8) is 0 Å². The largest absolute Gasteiger partial charge is 0.370 e. The molecular weight excluding hydrogens is 338 g/mol. The van der Waals surface area contributed by atoms with E-state index < -0.39 is 0 Å². The Morgan fingerprint density at radius 3 is 2.85 bits per heavy atom. The van der Waals surface area contributed by atoms with Crippen molar-refractivity contribution in [2.75, 3.05) is 36.8 Å². The van der Waals surface area contributed by atoms with Gasteiger partial charge in [0, 0.05) is 37.1 Å². The number of anilines is 2. The van der Waals surface area contributed by atoms with Crippen LogP contribution in [0.1, 0.15) is 30.4 Å². The highest BCUT2D eigenvalue weighted by atomic mass is 15.3. The average molecular weight is 365 g/mol. The molecule has 0 saturated carbocycles. The predicted molar refractivity (Wildman–Crippen MR) is 108 cm³/mol. The van der Waals surface area contributed by atoms with Gasteiger partial charge in [-0.1, -0.05) is 6.07 Å². The number of aryl methyl sites for hydroxylation is 1. The Balaban J connectivity index is 1.43. The van der Waals surface area contributed by atoms with Crippen LogP contribution < -0.4 is 10.6 Å². The quantitative estimate of drug-likeness (QED) is 0.598. The second-order valence-electron chi connectivity index (χ2n) is 7.13. The minimum Gasteiger partial charge on any atom is -0.370 e. The van der Waals surface area contributed by atoms with Crippen molar-refractivity contribution in [3.8, 4) is 0 Å². The lowest BCUT2D eigenvalue weighted by molar-refractivity contribution is 0.337. The normalized spacial score (nSPS) is 14.7. The Morgan fingerprint density at radius 2 is 2.04 bits per heavy atom.